The molecule has 1 fully saturated rings. The molecule has 10 heteroatoms. The van der Waals surface area contributed by atoms with E-state index < -0.39 is 11.9 Å². The molecule has 128 valence electrons. The summed E-state index contributed by atoms with van der Waals surface area (Å²) in [4.78, 5) is 25.3. The number of aromatic amines is 1. The van der Waals surface area contributed by atoms with E-state index in [0.717, 1.165) is 5.69 Å². The molecule has 0 aromatic carbocycles. The highest BCUT2D eigenvalue weighted by Gasteiger charge is 2.36. The quantitative estimate of drug-likeness (QED) is 0.710. The van der Waals surface area contributed by atoms with Crippen molar-refractivity contribution in [2.45, 2.75) is 6.18 Å². The van der Waals surface area contributed by atoms with E-state index in [1.54, 1.807) is 39.8 Å². The molecular weight excluding hydrogens is 438 g/mol. The second-order valence-corrected chi connectivity index (χ2v) is 6.41. The molecule has 2 aromatic heterocycles. The Kier molecular flexibility index (Phi) is 4.65. The third-order valence-corrected chi connectivity index (χ3v) is 4.48. The van der Waals surface area contributed by atoms with Crippen LogP contribution in [0.3, 0.4) is 0 Å². The summed E-state index contributed by atoms with van der Waals surface area (Å²) < 4.78 is 38.9. The zero-order valence-electron chi connectivity index (χ0n) is 12.3. The summed E-state index contributed by atoms with van der Waals surface area (Å²) >= 11 is 1.58. The van der Waals surface area contributed by atoms with Crippen molar-refractivity contribution in [3.63, 3.8) is 0 Å². The number of piperazine rings is 1. The van der Waals surface area contributed by atoms with E-state index in [1.165, 1.54) is 12.3 Å². The third kappa shape index (κ3) is 3.62. The van der Waals surface area contributed by atoms with Crippen LogP contribution in [0.2, 0.25) is 0 Å². The molecule has 0 bridgehead atoms. The fourth-order valence-corrected chi connectivity index (χ4v) is 3.07. The number of rotatable bonds is 2. The van der Waals surface area contributed by atoms with Crippen LogP contribution in [0, 0.1) is 3.57 Å². The highest BCUT2D eigenvalue weighted by molar-refractivity contribution is 14.1. The topological polar surface area (TPSA) is 65.1 Å². The van der Waals surface area contributed by atoms with Gasteiger partial charge in [-0.25, -0.2) is 9.97 Å². The van der Waals surface area contributed by atoms with Crippen LogP contribution in [0.25, 0.3) is 0 Å². The molecule has 1 aliphatic rings. The first-order valence-electron chi connectivity index (χ1n) is 7.13. The van der Waals surface area contributed by atoms with E-state index >= 15 is 0 Å². The summed E-state index contributed by atoms with van der Waals surface area (Å²) in [5.41, 5.74) is -0.311. The number of aromatic nitrogens is 3. The maximum absolute atomic E-state index is 13.0. The van der Waals surface area contributed by atoms with Gasteiger partial charge in [0.25, 0.3) is 0 Å². The number of H-pyrrole nitrogens is 1. The number of hydrogen-bond acceptors (Lipinski definition) is 5. The summed E-state index contributed by atoms with van der Waals surface area (Å²) in [5, 5.41) is 0. The smallest absolute Gasteiger partial charge is 0.368 e. The Morgan fingerprint density at radius 1 is 1.17 bits per heavy atom. The number of hydrogen-bond donors (Lipinski definition) is 1. The van der Waals surface area contributed by atoms with Gasteiger partial charge < -0.3 is 14.8 Å². The number of nitrogens with one attached hydrogen (secondary N) is 1. The van der Waals surface area contributed by atoms with Gasteiger partial charge in [-0.15, -0.1) is 0 Å². The number of pyridine rings is 1. The van der Waals surface area contributed by atoms with Crippen molar-refractivity contribution in [1.29, 1.82) is 0 Å². The van der Waals surface area contributed by atoms with Crippen LogP contribution >= 0.6 is 22.6 Å². The maximum Gasteiger partial charge on any atom is 0.434 e. The molecule has 3 heterocycles. The summed E-state index contributed by atoms with van der Waals surface area (Å²) in [6, 6.07) is 3.29. The average molecular weight is 451 g/mol. The van der Waals surface area contributed by atoms with Crippen molar-refractivity contribution in [2.75, 3.05) is 36.0 Å². The highest BCUT2D eigenvalue weighted by atomic mass is 127. The van der Waals surface area contributed by atoms with Crippen molar-refractivity contribution < 1.29 is 13.2 Å². The van der Waals surface area contributed by atoms with E-state index in [4.69, 9.17) is 0 Å². The van der Waals surface area contributed by atoms with Crippen LogP contribution in [0.4, 0.5) is 24.8 Å². The molecule has 0 aliphatic carbocycles. The van der Waals surface area contributed by atoms with Crippen molar-refractivity contribution in [1.82, 2.24) is 15.0 Å². The lowest BCUT2D eigenvalue weighted by molar-refractivity contribution is -0.141. The SMILES string of the molecule is O=c1cc(N2CCN(c3ncc(I)c(C(F)(F)F)n3)CC2)cc[nH]1. The van der Waals surface area contributed by atoms with Crippen LogP contribution in [0.1, 0.15) is 5.69 Å². The maximum atomic E-state index is 13.0. The fraction of sp³-hybridized carbons (Fsp3) is 0.357. The number of alkyl halides is 3. The second kappa shape index (κ2) is 6.57. The Hall–Kier alpha value is -1.85. The molecule has 1 aliphatic heterocycles. The molecule has 0 spiro atoms. The summed E-state index contributed by atoms with van der Waals surface area (Å²) in [6.45, 7) is 2.09. The van der Waals surface area contributed by atoms with Crippen LogP contribution in [-0.2, 0) is 6.18 Å². The lowest BCUT2D eigenvalue weighted by Gasteiger charge is -2.36. The number of nitrogens with zero attached hydrogens (tertiary/aromatic N) is 4. The molecule has 0 saturated carbocycles. The van der Waals surface area contributed by atoms with Gasteiger partial charge in [-0.2, -0.15) is 13.2 Å². The number of halogens is 4. The Balaban J connectivity index is 1.74. The third-order valence-electron chi connectivity index (χ3n) is 3.69. The molecule has 0 unspecified atom stereocenters. The van der Waals surface area contributed by atoms with E-state index in [9.17, 15) is 18.0 Å². The van der Waals surface area contributed by atoms with Crippen molar-refractivity contribution in [3.05, 3.63) is 44.1 Å². The first kappa shape index (κ1) is 17.0. The van der Waals surface area contributed by atoms with E-state index in [-0.39, 0.29) is 15.1 Å². The lowest BCUT2D eigenvalue weighted by atomic mass is 10.2. The van der Waals surface area contributed by atoms with Crippen molar-refractivity contribution in [3.8, 4) is 0 Å². The Morgan fingerprint density at radius 3 is 2.46 bits per heavy atom. The van der Waals surface area contributed by atoms with Crippen LogP contribution < -0.4 is 15.4 Å². The van der Waals surface area contributed by atoms with Crippen LogP contribution in [-0.4, -0.2) is 41.1 Å². The molecule has 2 aromatic rings. The Morgan fingerprint density at radius 2 is 1.83 bits per heavy atom. The summed E-state index contributed by atoms with van der Waals surface area (Å²) in [6.07, 6.45) is -1.74. The van der Waals surface area contributed by atoms with Crippen LogP contribution in [0.5, 0.6) is 0 Å². The van der Waals surface area contributed by atoms with Gasteiger partial charge in [-0.1, -0.05) is 0 Å². The monoisotopic (exact) mass is 451 g/mol. The summed E-state index contributed by atoms with van der Waals surface area (Å²) in [7, 11) is 0. The second-order valence-electron chi connectivity index (χ2n) is 5.25. The molecule has 3 rings (SSSR count). The summed E-state index contributed by atoms with van der Waals surface area (Å²) in [5.74, 6) is 0.0771. The largest absolute Gasteiger partial charge is 0.434 e. The molecule has 6 nitrogen and oxygen atoms in total. The Labute approximate surface area is 148 Å². The standard InChI is InChI=1S/C14H13F3IN5O/c15-14(16,17)12-10(18)8-20-13(21-12)23-5-3-22(4-6-23)9-1-2-19-11(24)7-9/h1-2,7-8H,3-6H2,(H,19,24). The van der Waals surface area contributed by atoms with E-state index in [0.29, 0.717) is 26.2 Å². The molecule has 0 amide bonds. The van der Waals surface area contributed by atoms with Gasteiger partial charge in [0.1, 0.15) is 0 Å². The first-order valence-corrected chi connectivity index (χ1v) is 8.21. The van der Waals surface area contributed by atoms with Gasteiger partial charge in [0.2, 0.25) is 11.5 Å². The van der Waals surface area contributed by atoms with E-state index in [1.807, 2.05) is 4.90 Å². The van der Waals surface area contributed by atoms with Gasteiger partial charge in [0.15, 0.2) is 5.69 Å². The van der Waals surface area contributed by atoms with Crippen molar-refractivity contribution >= 4 is 34.2 Å². The zero-order valence-corrected chi connectivity index (χ0v) is 14.5. The van der Waals surface area contributed by atoms with Gasteiger partial charge in [-0.05, 0) is 28.7 Å². The first-order chi connectivity index (χ1) is 11.3. The van der Waals surface area contributed by atoms with Gasteiger partial charge in [0, 0.05) is 50.3 Å². The predicted molar refractivity (Wildman–Crippen MR) is 91.2 cm³/mol. The molecule has 1 saturated heterocycles. The Bertz CT molecular complexity index is 786. The minimum Gasteiger partial charge on any atom is -0.368 e. The van der Waals surface area contributed by atoms with E-state index in [2.05, 4.69) is 15.0 Å². The lowest BCUT2D eigenvalue weighted by Crippen LogP contribution is -2.47. The molecule has 24 heavy (non-hydrogen) atoms. The van der Waals surface area contributed by atoms with Crippen molar-refractivity contribution in [2.24, 2.45) is 0 Å². The number of anilines is 2. The minimum absolute atomic E-state index is 0.0222. The van der Waals surface area contributed by atoms with Gasteiger partial charge >= 0.3 is 6.18 Å². The molecular formula is C14H13F3IN5O. The molecule has 1 N–H and O–H groups in total. The minimum atomic E-state index is -4.50. The fourth-order valence-electron chi connectivity index (χ4n) is 2.50. The van der Waals surface area contributed by atoms with Gasteiger partial charge in [0.05, 0.1) is 3.57 Å². The zero-order chi connectivity index (χ0) is 17.3. The predicted octanol–water partition coefficient (Wildman–Crippen LogP) is 2.11. The van der Waals surface area contributed by atoms with Crippen LogP contribution in [0.15, 0.2) is 29.3 Å². The van der Waals surface area contributed by atoms with Gasteiger partial charge in [-0.3, -0.25) is 4.79 Å². The average Bonchev–Trinajstić information content (AvgIpc) is 2.54. The molecule has 0 atom stereocenters. The highest BCUT2D eigenvalue weighted by Crippen LogP contribution is 2.32. The normalized spacial score (nSPS) is 15.7. The molecule has 0 radical (unpaired) electrons.